The molecule has 0 saturated heterocycles. The molecule has 0 bridgehead atoms. The largest absolute Gasteiger partial charge is 0.307 e. The van der Waals surface area contributed by atoms with Gasteiger partial charge < -0.3 is 10.6 Å². The Labute approximate surface area is 199 Å². The summed E-state index contributed by atoms with van der Waals surface area (Å²) in [6.07, 6.45) is 3.11. The van der Waals surface area contributed by atoms with Gasteiger partial charge in [-0.2, -0.15) is 0 Å². The fraction of sp³-hybridized carbons (Fsp3) is 0. The van der Waals surface area contributed by atoms with Crippen LogP contribution in [0, 0.1) is 0 Å². The molecule has 0 unspecified atom stereocenters. The molecule has 4 amide bonds. The summed E-state index contributed by atoms with van der Waals surface area (Å²) in [6.45, 7) is 0. The zero-order chi connectivity index (χ0) is 24.4. The van der Waals surface area contributed by atoms with E-state index in [1.54, 1.807) is 48.8 Å². The Kier molecular flexibility index (Phi) is 5.56. The zero-order valence-corrected chi connectivity index (χ0v) is 18.1. The molecule has 0 spiro atoms. The summed E-state index contributed by atoms with van der Waals surface area (Å²) in [4.78, 5) is 60.2. The highest BCUT2D eigenvalue weighted by Crippen LogP contribution is 2.29. The Balaban J connectivity index is 1.34. The first-order chi connectivity index (χ1) is 17.0. The predicted molar refractivity (Wildman–Crippen MR) is 128 cm³/mol. The topological polar surface area (TPSA) is 121 Å². The molecule has 4 aromatic rings. The van der Waals surface area contributed by atoms with Crippen molar-refractivity contribution in [3.8, 4) is 0 Å². The van der Waals surface area contributed by atoms with Crippen LogP contribution in [0.3, 0.4) is 0 Å². The van der Waals surface area contributed by atoms with Gasteiger partial charge in [0, 0.05) is 23.5 Å². The summed E-state index contributed by atoms with van der Waals surface area (Å²) >= 11 is 0. The molecule has 9 heteroatoms. The number of fused-ring (bicyclic) bond motifs is 1. The van der Waals surface area contributed by atoms with E-state index in [1.807, 2.05) is 0 Å². The van der Waals surface area contributed by atoms with Crippen molar-refractivity contribution in [2.45, 2.75) is 0 Å². The molecular weight excluding hydrogens is 446 g/mol. The van der Waals surface area contributed by atoms with Gasteiger partial charge in [-0.3, -0.25) is 19.2 Å². The maximum Gasteiger partial charge on any atom is 0.266 e. The summed E-state index contributed by atoms with van der Waals surface area (Å²) in [6, 6.07) is 20.7. The van der Waals surface area contributed by atoms with Crippen molar-refractivity contribution in [3.05, 3.63) is 114 Å². The van der Waals surface area contributed by atoms with Gasteiger partial charge in [0.15, 0.2) is 0 Å². The number of aromatic nitrogens is 2. The third-order valence-electron chi connectivity index (χ3n) is 5.35. The first-order valence-electron chi connectivity index (χ1n) is 10.6. The van der Waals surface area contributed by atoms with E-state index < -0.39 is 17.7 Å². The molecule has 0 fully saturated rings. The smallest absolute Gasteiger partial charge is 0.266 e. The maximum atomic E-state index is 13.1. The van der Waals surface area contributed by atoms with Gasteiger partial charge in [-0.15, -0.1) is 0 Å². The number of nitrogens with zero attached hydrogens (tertiary/aromatic N) is 3. The number of anilines is 3. The van der Waals surface area contributed by atoms with Crippen LogP contribution in [-0.2, 0) is 0 Å². The van der Waals surface area contributed by atoms with E-state index >= 15 is 0 Å². The molecule has 170 valence electrons. The number of amides is 4. The van der Waals surface area contributed by atoms with E-state index in [0.717, 1.165) is 4.90 Å². The number of benzene rings is 2. The van der Waals surface area contributed by atoms with Crippen LogP contribution in [0.2, 0.25) is 0 Å². The maximum absolute atomic E-state index is 13.1. The van der Waals surface area contributed by atoms with Crippen LogP contribution in [0.15, 0.2) is 91.3 Å². The molecule has 3 heterocycles. The van der Waals surface area contributed by atoms with Gasteiger partial charge in [0.05, 0.1) is 16.8 Å². The number of hydrogen-bond donors (Lipinski definition) is 2. The average Bonchev–Trinajstić information content (AvgIpc) is 3.14. The van der Waals surface area contributed by atoms with Crippen molar-refractivity contribution in [2.75, 3.05) is 15.5 Å². The molecule has 0 aliphatic carbocycles. The number of rotatable bonds is 5. The minimum atomic E-state index is -0.553. The molecule has 1 aliphatic rings. The summed E-state index contributed by atoms with van der Waals surface area (Å²) < 4.78 is 0. The van der Waals surface area contributed by atoms with Crippen LogP contribution in [0.5, 0.6) is 0 Å². The fourth-order valence-corrected chi connectivity index (χ4v) is 3.63. The standard InChI is InChI=1S/C26H17N5O4/c32-23(29-21-5-1-3-13-27-21)16-7-10-18(11-8-16)31-25(34)19-12-9-17(15-20(19)26(31)35)24(33)30-22-6-2-4-14-28-22/h1-15H,(H,27,29,32)(H,28,30,33). The number of nitrogens with one attached hydrogen (secondary N) is 2. The van der Waals surface area contributed by atoms with Crippen LogP contribution in [0.4, 0.5) is 17.3 Å². The first-order valence-corrected chi connectivity index (χ1v) is 10.6. The molecule has 35 heavy (non-hydrogen) atoms. The quantitative estimate of drug-likeness (QED) is 0.435. The summed E-state index contributed by atoms with van der Waals surface area (Å²) in [5, 5.41) is 5.32. The highest BCUT2D eigenvalue weighted by atomic mass is 16.2. The van der Waals surface area contributed by atoms with Crippen molar-refractivity contribution in [1.82, 2.24) is 9.97 Å². The highest BCUT2D eigenvalue weighted by Gasteiger charge is 2.37. The highest BCUT2D eigenvalue weighted by molar-refractivity contribution is 6.34. The number of carbonyl (C=O) groups excluding carboxylic acids is 4. The minimum Gasteiger partial charge on any atom is -0.307 e. The molecule has 0 atom stereocenters. The van der Waals surface area contributed by atoms with Crippen LogP contribution in [0.1, 0.15) is 41.4 Å². The molecule has 0 radical (unpaired) electrons. The summed E-state index contributed by atoms with van der Waals surface area (Å²) in [5.41, 5.74) is 1.19. The zero-order valence-electron chi connectivity index (χ0n) is 18.1. The Morgan fingerprint density at radius 2 is 1.17 bits per heavy atom. The van der Waals surface area contributed by atoms with Crippen LogP contribution in [-0.4, -0.2) is 33.6 Å². The van der Waals surface area contributed by atoms with E-state index in [0.29, 0.717) is 22.9 Å². The molecule has 9 nitrogen and oxygen atoms in total. The van der Waals surface area contributed by atoms with E-state index in [1.165, 1.54) is 42.5 Å². The van der Waals surface area contributed by atoms with Crippen molar-refractivity contribution in [2.24, 2.45) is 0 Å². The number of hydrogen-bond acceptors (Lipinski definition) is 6. The van der Waals surface area contributed by atoms with Gasteiger partial charge in [0.1, 0.15) is 11.6 Å². The third kappa shape index (κ3) is 4.25. The molecule has 0 saturated carbocycles. The van der Waals surface area contributed by atoms with Crippen LogP contribution < -0.4 is 15.5 Å². The lowest BCUT2D eigenvalue weighted by molar-refractivity contribution is 0.0924. The average molecular weight is 463 g/mol. The van der Waals surface area contributed by atoms with Crippen molar-refractivity contribution < 1.29 is 19.2 Å². The van der Waals surface area contributed by atoms with Gasteiger partial charge in [-0.25, -0.2) is 14.9 Å². The Bertz CT molecular complexity index is 1450. The van der Waals surface area contributed by atoms with Crippen molar-refractivity contribution in [1.29, 1.82) is 0 Å². The molecule has 2 N–H and O–H groups in total. The van der Waals surface area contributed by atoms with Gasteiger partial charge in [0.2, 0.25) is 0 Å². The van der Waals surface area contributed by atoms with Gasteiger partial charge in [0.25, 0.3) is 23.6 Å². The van der Waals surface area contributed by atoms with E-state index in [4.69, 9.17) is 0 Å². The first kappa shape index (κ1) is 21.7. The second kappa shape index (κ2) is 8.99. The number of carbonyl (C=O) groups is 4. The van der Waals surface area contributed by atoms with Crippen LogP contribution in [0.25, 0.3) is 0 Å². The second-order valence-corrected chi connectivity index (χ2v) is 7.59. The van der Waals surface area contributed by atoms with Gasteiger partial charge >= 0.3 is 0 Å². The predicted octanol–water partition coefficient (Wildman–Crippen LogP) is 3.78. The lowest BCUT2D eigenvalue weighted by atomic mass is 10.1. The molecule has 1 aliphatic heterocycles. The second-order valence-electron chi connectivity index (χ2n) is 7.59. The Morgan fingerprint density at radius 1 is 0.629 bits per heavy atom. The molecule has 2 aromatic heterocycles. The van der Waals surface area contributed by atoms with E-state index in [-0.39, 0.29) is 22.6 Å². The summed E-state index contributed by atoms with van der Waals surface area (Å²) in [5.74, 6) is -1.11. The monoisotopic (exact) mass is 463 g/mol. The van der Waals surface area contributed by atoms with Gasteiger partial charge in [-0.1, -0.05) is 12.1 Å². The molecular formula is C26H17N5O4. The Hall–Kier alpha value is -5.18. The van der Waals surface area contributed by atoms with Crippen LogP contribution >= 0.6 is 0 Å². The lowest BCUT2D eigenvalue weighted by Crippen LogP contribution is -2.29. The lowest BCUT2D eigenvalue weighted by Gasteiger charge is -2.14. The normalized spacial score (nSPS) is 12.3. The van der Waals surface area contributed by atoms with E-state index in [2.05, 4.69) is 20.6 Å². The van der Waals surface area contributed by atoms with Crippen molar-refractivity contribution in [3.63, 3.8) is 0 Å². The SMILES string of the molecule is O=C(Nc1ccccn1)c1ccc(N2C(=O)c3ccc(C(=O)Nc4ccccn4)cc3C2=O)cc1. The molecule has 2 aromatic carbocycles. The van der Waals surface area contributed by atoms with Gasteiger partial charge in [-0.05, 0) is 66.7 Å². The minimum absolute atomic E-state index is 0.126. The fourth-order valence-electron chi connectivity index (χ4n) is 3.63. The number of imide groups is 1. The number of pyridine rings is 2. The van der Waals surface area contributed by atoms with E-state index in [9.17, 15) is 19.2 Å². The third-order valence-corrected chi connectivity index (χ3v) is 5.35. The Morgan fingerprint density at radius 3 is 1.74 bits per heavy atom. The van der Waals surface area contributed by atoms with Crippen molar-refractivity contribution >= 4 is 41.0 Å². The molecule has 5 rings (SSSR count). The summed E-state index contributed by atoms with van der Waals surface area (Å²) in [7, 11) is 0.